The first kappa shape index (κ1) is 17.0. The molecule has 1 aromatic heterocycles. The first-order valence-electron chi connectivity index (χ1n) is 7.21. The molecule has 2 rings (SSSR count). The van der Waals surface area contributed by atoms with E-state index in [0.717, 1.165) is 5.69 Å². The van der Waals surface area contributed by atoms with E-state index in [-0.39, 0.29) is 35.5 Å². The van der Waals surface area contributed by atoms with Crippen LogP contribution in [0.4, 0.5) is 5.82 Å². The number of hydrogen-bond donors (Lipinski definition) is 1. The van der Waals surface area contributed by atoms with Crippen LogP contribution < -0.4 is 5.32 Å². The van der Waals surface area contributed by atoms with Crippen LogP contribution in [-0.2, 0) is 24.8 Å². The van der Waals surface area contributed by atoms with Crippen LogP contribution in [0.15, 0.2) is 6.07 Å². The van der Waals surface area contributed by atoms with Crippen LogP contribution in [0.5, 0.6) is 0 Å². The van der Waals surface area contributed by atoms with Gasteiger partial charge in [-0.25, -0.2) is 13.1 Å². The molecule has 1 aromatic rings. The first-order chi connectivity index (χ1) is 10.1. The molecule has 124 valence electrons. The molecule has 1 atom stereocenters. The topological polar surface area (TPSA) is 90.3 Å². The first-order valence-corrected chi connectivity index (χ1v) is 9.04. The number of nitrogens with one attached hydrogen (secondary N) is 1. The molecule has 1 aliphatic rings. The standard InChI is InChI=1S/C14H23N3O4S/c1-14(2,3)11-7-12(15-13(18)8-21-4)17(16-11)10-5-6-22(19,20)9-10/h7,10H,5-6,8-9H2,1-4H3,(H,15,18). The Morgan fingerprint density at radius 1 is 1.50 bits per heavy atom. The highest BCUT2D eigenvalue weighted by molar-refractivity contribution is 7.91. The Morgan fingerprint density at radius 2 is 2.18 bits per heavy atom. The maximum Gasteiger partial charge on any atom is 0.251 e. The minimum atomic E-state index is -3.02. The van der Waals surface area contributed by atoms with Gasteiger partial charge in [0.15, 0.2) is 9.84 Å². The third-order valence-electron chi connectivity index (χ3n) is 3.60. The fourth-order valence-corrected chi connectivity index (χ4v) is 4.10. The van der Waals surface area contributed by atoms with Crippen LogP contribution in [0.2, 0.25) is 0 Å². The minimum Gasteiger partial charge on any atom is -0.375 e. The fourth-order valence-electron chi connectivity index (χ4n) is 2.41. The normalized spacial score (nSPS) is 21.0. The van der Waals surface area contributed by atoms with Gasteiger partial charge in [0.25, 0.3) is 5.91 Å². The molecule has 0 radical (unpaired) electrons. The summed E-state index contributed by atoms with van der Waals surface area (Å²) in [5.41, 5.74) is 0.619. The zero-order valence-electron chi connectivity index (χ0n) is 13.4. The van der Waals surface area contributed by atoms with E-state index in [2.05, 4.69) is 10.4 Å². The molecule has 0 aliphatic carbocycles. The lowest BCUT2D eigenvalue weighted by Gasteiger charge is -2.15. The number of amides is 1. The van der Waals surface area contributed by atoms with Gasteiger partial charge in [0.05, 0.1) is 23.2 Å². The van der Waals surface area contributed by atoms with E-state index in [1.807, 2.05) is 20.8 Å². The van der Waals surface area contributed by atoms with E-state index in [0.29, 0.717) is 12.2 Å². The molecule has 1 N–H and O–H groups in total. The number of sulfone groups is 1. The van der Waals surface area contributed by atoms with Crippen molar-refractivity contribution in [1.29, 1.82) is 0 Å². The van der Waals surface area contributed by atoms with Gasteiger partial charge in [-0.15, -0.1) is 0 Å². The maximum atomic E-state index is 11.8. The number of nitrogens with zero attached hydrogens (tertiary/aromatic N) is 2. The van der Waals surface area contributed by atoms with Crippen LogP contribution in [0.1, 0.15) is 38.9 Å². The van der Waals surface area contributed by atoms with E-state index in [9.17, 15) is 13.2 Å². The van der Waals surface area contributed by atoms with E-state index in [1.54, 1.807) is 10.7 Å². The van der Waals surface area contributed by atoms with E-state index >= 15 is 0 Å². The molecule has 0 aromatic carbocycles. The van der Waals surface area contributed by atoms with E-state index in [4.69, 9.17) is 4.74 Å². The average molecular weight is 329 g/mol. The van der Waals surface area contributed by atoms with E-state index in [1.165, 1.54) is 7.11 Å². The molecule has 0 spiro atoms. The van der Waals surface area contributed by atoms with Gasteiger partial charge < -0.3 is 10.1 Å². The number of anilines is 1. The van der Waals surface area contributed by atoms with Gasteiger partial charge >= 0.3 is 0 Å². The fraction of sp³-hybridized carbons (Fsp3) is 0.714. The number of rotatable bonds is 4. The van der Waals surface area contributed by atoms with Crippen molar-refractivity contribution in [2.24, 2.45) is 0 Å². The van der Waals surface area contributed by atoms with Crippen molar-refractivity contribution in [3.8, 4) is 0 Å². The summed E-state index contributed by atoms with van der Waals surface area (Å²) >= 11 is 0. The van der Waals surface area contributed by atoms with Gasteiger partial charge in [-0.1, -0.05) is 20.8 Å². The van der Waals surface area contributed by atoms with Gasteiger partial charge in [-0.2, -0.15) is 5.10 Å². The Morgan fingerprint density at radius 3 is 2.68 bits per heavy atom. The van der Waals surface area contributed by atoms with Crippen molar-refractivity contribution < 1.29 is 17.9 Å². The zero-order chi connectivity index (χ0) is 16.5. The Balaban J connectivity index is 2.34. The summed E-state index contributed by atoms with van der Waals surface area (Å²) in [5, 5.41) is 7.29. The summed E-state index contributed by atoms with van der Waals surface area (Å²) in [6.45, 7) is 6.00. The second-order valence-electron chi connectivity index (χ2n) is 6.65. The SMILES string of the molecule is COCC(=O)Nc1cc(C(C)(C)C)nn1C1CCS(=O)(=O)C1. The Bertz CT molecular complexity index is 658. The summed E-state index contributed by atoms with van der Waals surface area (Å²) < 4.78 is 29.9. The average Bonchev–Trinajstić information content (AvgIpc) is 2.92. The number of carbonyl (C=O) groups excluding carboxylic acids is 1. The zero-order valence-corrected chi connectivity index (χ0v) is 14.2. The van der Waals surface area contributed by atoms with Crippen LogP contribution in [-0.4, -0.2) is 49.3 Å². The van der Waals surface area contributed by atoms with Gasteiger partial charge in [-0.3, -0.25) is 4.79 Å². The molecular weight excluding hydrogens is 306 g/mol. The minimum absolute atomic E-state index is 0.0566. The molecule has 1 unspecified atom stereocenters. The predicted octanol–water partition coefficient (Wildman–Crippen LogP) is 1.13. The van der Waals surface area contributed by atoms with Crippen LogP contribution >= 0.6 is 0 Å². The lowest BCUT2D eigenvalue weighted by atomic mass is 9.92. The largest absolute Gasteiger partial charge is 0.375 e. The van der Waals surface area contributed by atoms with Gasteiger partial charge in [0.2, 0.25) is 0 Å². The second-order valence-corrected chi connectivity index (χ2v) is 8.88. The Hall–Kier alpha value is -1.41. The van der Waals surface area contributed by atoms with Crippen molar-refractivity contribution in [3.05, 3.63) is 11.8 Å². The molecule has 2 heterocycles. The number of ether oxygens (including phenoxy) is 1. The van der Waals surface area contributed by atoms with Gasteiger partial charge in [0.1, 0.15) is 12.4 Å². The highest BCUT2D eigenvalue weighted by atomic mass is 32.2. The van der Waals surface area contributed by atoms with Crippen LogP contribution in [0, 0.1) is 0 Å². The summed E-state index contributed by atoms with van der Waals surface area (Å²) in [6.07, 6.45) is 0.515. The molecule has 1 saturated heterocycles. The summed E-state index contributed by atoms with van der Waals surface area (Å²) in [7, 11) is -1.58. The second kappa shape index (κ2) is 6.00. The Labute approximate surface area is 130 Å². The molecule has 0 saturated carbocycles. The molecule has 22 heavy (non-hydrogen) atoms. The van der Waals surface area contributed by atoms with Crippen molar-refractivity contribution in [3.63, 3.8) is 0 Å². The third-order valence-corrected chi connectivity index (χ3v) is 5.35. The summed E-state index contributed by atoms with van der Waals surface area (Å²) in [5.74, 6) is 0.457. The molecule has 1 amide bonds. The lowest BCUT2D eigenvalue weighted by molar-refractivity contribution is -0.119. The molecular formula is C14H23N3O4S. The molecule has 0 bridgehead atoms. The van der Waals surface area contributed by atoms with Crippen molar-refractivity contribution >= 4 is 21.6 Å². The number of methoxy groups -OCH3 is 1. The van der Waals surface area contributed by atoms with Crippen LogP contribution in [0.3, 0.4) is 0 Å². The highest BCUT2D eigenvalue weighted by Crippen LogP contribution is 2.30. The molecule has 7 nitrogen and oxygen atoms in total. The quantitative estimate of drug-likeness (QED) is 0.894. The number of carbonyl (C=O) groups is 1. The van der Waals surface area contributed by atoms with E-state index < -0.39 is 9.84 Å². The monoisotopic (exact) mass is 329 g/mol. The number of hydrogen-bond acceptors (Lipinski definition) is 5. The summed E-state index contributed by atoms with van der Waals surface area (Å²) in [4.78, 5) is 11.8. The molecule has 1 aliphatic heterocycles. The Kier molecular flexibility index (Phi) is 4.62. The van der Waals surface area contributed by atoms with Crippen molar-refractivity contribution in [2.75, 3.05) is 30.5 Å². The maximum absolute atomic E-state index is 11.8. The highest BCUT2D eigenvalue weighted by Gasteiger charge is 2.32. The summed E-state index contributed by atoms with van der Waals surface area (Å²) in [6, 6.07) is 1.57. The van der Waals surface area contributed by atoms with Crippen LogP contribution in [0.25, 0.3) is 0 Å². The van der Waals surface area contributed by atoms with Crippen molar-refractivity contribution in [2.45, 2.75) is 38.6 Å². The van der Waals surface area contributed by atoms with Gasteiger partial charge in [-0.05, 0) is 6.42 Å². The third kappa shape index (κ3) is 3.86. The van der Waals surface area contributed by atoms with Gasteiger partial charge in [0, 0.05) is 18.6 Å². The molecule has 1 fully saturated rings. The predicted molar refractivity (Wildman–Crippen MR) is 83.7 cm³/mol. The number of aromatic nitrogens is 2. The lowest BCUT2D eigenvalue weighted by Crippen LogP contribution is -2.22. The smallest absolute Gasteiger partial charge is 0.251 e. The van der Waals surface area contributed by atoms with Crippen molar-refractivity contribution in [1.82, 2.24) is 9.78 Å². The molecule has 8 heteroatoms.